The Balaban J connectivity index is 1.57. The van der Waals surface area contributed by atoms with E-state index in [1.165, 1.54) is 0 Å². The molecular weight excluding hydrogens is 442 g/mol. The van der Waals surface area contributed by atoms with E-state index >= 15 is 0 Å². The monoisotopic (exact) mass is 466 g/mol. The predicted molar refractivity (Wildman–Crippen MR) is 114 cm³/mol. The molecule has 28 heavy (non-hydrogen) atoms. The lowest BCUT2D eigenvalue weighted by molar-refractivity contribution is -0.142. The first-order valence-corrected chi connectivity index (χ1v) is 11.0. The van der Waals surface area contributed by atoms with Crippen molar-refractivity contribution in [3.8, 4) is 0 Å². The van der Waals surface area contributed by atoms with Gasteiger partial charge < -0.3 is 9.80 Å². The summed E-state index contributed by atoms with van der Waals surface area (Å²) in [7, 11) is 0. The highest BCUT2D eigenvalue weighted by molar-refractivity contribution is 6.56. The van der Waals surface area contributed by atoms with E-state index in [0.29, 0.717) is 26.2 Å². The molecule has 3 fully saturated rings. The van der Waals surface area contributed by atoms with Crippen molar-refractivity contribution in [3.05, 3.63) is 21.1 Å². The number of hydrogen-bond donors (Lipinski definition) is 0. The summed E-state index contributed by atoms with van der Waals surface area (Å²) in [5, 5.41) is 0. The average molecular weight is 468 g/mol. The summed E-state index contributed by atoms with van der Waals surface area (Å²) in [5.41, 5.74) is -0.283. The van der Waals surface area contributed by atoms with Gasteiger partial charge in [0, 0.05) is 26.2 Å². The standard InChI is InChI=1S/C20H26Cl4N2O2/c1-19(2)11(9-13(21)22)15(19)17(27)25-5-7-26(8-6-25)18(28)16-12(10-14(23)24)20(16,3)4/h9-12,15-16H,5-8H2,1-4H3/t11-,12-,15-,16-/m1/s1. The lowest BCUT2D eigenvalue weighted by Gasteiger charge is -2.35. The van der Waals surface area contributed by atoms with Gasteiger partial charge in [0.1, 0.15) is 8.98 Å². The smallest absolute Gasteiger partial charge is 0.226 e. The summed E-state index contributed by atoms with van der Waals surface area (Å²) in [6.07, 6.45) is 3.52. The van der Waals surface area contributed by atoms with Gasteiger partial charge in [-0.1, -0.05) is 74.1 Å². The molecule has 1 saturated heterocycles. The van der Waals surface area contributed by atoms with Crippen LogP contribution in [0.4, 0.5) is 0 Å². The summed E-state index contributed by atoms with van der Waals surface area (Å²) in [6, 6.07) is 0. The first kappa shape index (κ1) is 22.3. The van der Waals surface area contributed by atoms with Gasteiger partial charge in [0.15, 0.2) is 0 Å². The van der Waals surface area contributed by atoms with Gasteiger partial charge in [-0.2, -0.15) is 0 Å². The molecule has 0 aromatic heterocycles. The number of rotatable bonds is 4. The van der Waals surface area contributed by atoms with E-state index in [9.17, 15) is 9.59 Å². The molecule has 156 valence electrons. The number of nitrogens with zero attached hydrogens (tertiary/aromatic N) is 2. The zero-order valence-corrected chi connectivity index (χ0v) is 19.5. The Kier molecular flexibility index (Phi) is 6.11. The van der Waals surface area contributed by atoms with Crippen LogP contribution in [0.15, 0.2) is 21.1 Å². The molecular formula is C20H26Cl4N2O2. The maximum absolute atomic E-state index is 12.9. The van der Waals surface area contributed by atoms with Crippen molar-refractivity contribution in [2.24, 2.45) is 34.5 Å². The maximum atomic E-state index is 12.9. The normalized spacial score (nSPS) is 32.4. The fraction of sp³-hybridized carbons (Fsp3) is 0.700. The largest absolute Gasteiger partial charge is 0.339 e. The van der Waals surface area contributed by atoms with E-state index < -0.39 is 0 Å². The summed E-state index contributed by atoms with van der Waals surface area (Å²) in [5.74, 6) is 0.147. The van der Waals surface area contributed by atoms with Crippen LogP contribution in [-0.2, 0) is 9.59 Å². The molecule has 0 radical (unpaired) electrons. The van der Waals surface area contributed by atoms with Crippen molar-refractivity contribution >= 4 is 58.2 Å². The molecule has 2 saturated carbocycles. The molecule has 0 bridgehead atoms. The second-order valence-electron chi connectivity index (χ2n) is 9.21. The minimum Gasteiger partial charge on any atom is -0.339 e. The lowest BCUT2D eigenvalue weighted by Crippen LogP contribution is -2.52. The molecule has 4 atom stereocenters. The summed E-state index contributed by atoms with van der Waals surface area (Å²) < 4.78 is 0.410. The topological polar surface area (TPSA) is 40.6 Å². The Morgan fingerprint density at radius 1 is 0.714 bits per heavy atom. The van der Waals surface area contributed by atoms with Crippen LogP contribution >= 0.6 is 46.4 Å². The maximum Gasteiger partial charge on any atom is 0.226 e. The highest BCUT2D eigenvalue weighted by atomic mass is 35.5. The number of hydrogen-bond acceptors (Lipinski definition) is 2. The third-order valence-electron chi connectivity index (χ3n) is 6.87. The average Bonchev–Trinajstić information content (AvgIpc) is 3.33. The SMILES string of the molecule is CC1(C)[C@H](C=C(Cl)Cl)[C@@H]1C(=O)N1CCN(C(=O)[C@H]2[C@@H](C=C(Cl)Cl)C2(C)C)CC1. The van der Waals surface area contributed by atoms with Crippen LogP contribution in [0.2, 0.25) is 0 Å². The summed E-state index contributed by atoms with van der Waals surface area (Å²) >= 11 is 23.2. The van der Waals surface area contributed by atoms with Crippen LogP contribution in [-0.4, -0.2) is 47.8 Å². The van der Waals surface area contributed by atoms with Crippen molar-refractivity contribution in [2.45, 2.75) is 27.7 Å². The second kappa shape index (κ2) is 7.68. The number of piperazine rings is 1. The van der Waals surface area contributed by atoms with Crippen LogP contribution in [0.3, 0.4) is 0 Å². The van der Waals surface area contributed by atoms with E-state index in [4.69, 9.17) is 46.4 Å². The molecule has 4 nitrogen and oxygen atoms in total. The van der Waals surface area contributed by atoms with Crippen molar-refractivity contribution in [3.63, 3.8) is 0 Å². The number of halogens is 4. The molecule has 0 unspecified atom stereocenters. The minimum absolute atomic E-state index is 0.0600. The lowest BCUT2D eigenvalue weighted by atomic mass is 10.1. The minimum atomic E-state index is -0.141. The van der Waals surface area contributed by atoms with E-state index in [0.717, 1.165) is 0 Å². The van der Waals surface area contributed by atoms with E-state index in [-0.39, 0.29) is 55.3 Å². The molecule has 0 N–H and O–H groups in total. The third kappa shape index (κ3) is 4.08. The van der Waals surface area contributed by atoms with Gasteiger partial charge in [0.2, 0.25) is 11.8 Å². The van der Waals surface area contributed by atoms with Gasteiger partial charge in [-0.05, 0) is 34.8 Å². The van der Waals surface area contributed by atoms with E-state index in [2.05, 4.69) is 27.7 Å². The molecule has 3 rings (SSSR count). The second-order valence-corrected chi connectivity index (χ2v) is 11.2. The van der Waals surface area contributed by atoms with Crippen LogP contribution < -0.4 is 0 Å². The Morgan fingerprint density at radius 2 is 1.00 bits per heavy atom. The Labute approximate surface area is 186 Å². The Hall–Kier alpha value is -0.420. The molecule has 1 aliphatic heterocycles. The number of carbonyl (C=O) groups is 2. The predicted octanol–water partition coefficient (Wildman–Crippen LogP) is 4.84. The van der Waals surface area contributed by atoms with Crippen molar-refractivity contribution in [1.29, 1.82) is 0 Å². The summed E-state index contributed by atoms with van der Waals surface area (Å²) in [4.78, 5) is 29.6. The first-order valence-electron chi connectivity index (χ1n) is 9.52. The van der Waals surface area contributed by atoms with Gasteiger partial charge in [-0.3, -0.25) is 9.59 Å². The van der Waals surface area contributed by atoms with Gasteiger partial charge in [0.05, 0.1) is 11.8 Å². The van der Waals surface area contributed by atoms with Crippen molar-refractivity contribution in [1.82, 2.24) is 9.80 Å². The molecule has 2 aliphatic carbocycles. The molecule has 0 spiro atoms. The fourth-order valence-corrected chi connectivity index (χ4v) is 5.28. The van der Waals surface area contributed by atoms with Gasteiger partial charge in [-0.25, -0.2) is 0 Å². The van der Waals surface area contributed by atoms with Crippen LogP contribution in [0.25, 0.3) is 0 Å². The van der Waals surface area contributed by atoms with E-state index in [1.807, 2.05) is 9.80 Å². The number of amides is 2. The van der Waals surface area contributed by atoms with Crippen molar-refractivity contribution < 1.29 is 9.59 Å². The van der Waals surface area contributed by atoms with Crippen LogP contribution in [0.1, 0.15) is 27.7 Å². The Bertz CT molecular complexity index is 668. The molecule has 2 amide bonds. The summed E-state index contributed by atoms with van der Waals surface area (Å²) in [6.45, 7) is 10.4. The molecule has 3 aliphatic rings. The molecule has 0 aromatic rings. The zero-order chi connectivity index (χ0) is 21.0. The molecule has 8 heteroatoms. The highest BCUT2D eigenvalue weighted by Gasteiger charge is 2.63. The fourth-order valence-electron chi connectivity index (χ4n) is 4.73. The third-order valence-corrected chi connectivity index (χ3v) is 7.37. The molecule has 0 aromatic carbocycles. The number of allylic oxidation sites excluding steroid dienone is 2. The highest BCUT2D eigenvalue weighted by Crippen LogP contribution is 2.61. The van der Waals surface area contributed by atoms with Crippen LogP contribution in [0, 0.1) is 34.5 Å². The number of carbonyl (C=O) groups excluding carboxylic acids is 2. The van der Waals surface area contributed by atoms with Gasteiger partial charge >= 0.3 is 0 Å². The van der Waals surface area contributed by atoms with Crippen LogP contribution in [0.5, 0.6) is 0 Å². The van der Waals surface area contributed by atoms with Crippen molar-refractivity contribution in [2.75, 3.05) is 26.2 Å². The van der Waals surface area contributed by atoms with E-state index in [1.54, 1.807) is 12.2 Å². The Morgan fingerprint density at radius 3 is 1.25 bits per heavy atom. The quantitative estimate of drug-likeness (QED) is 0.593. The van der Waals surface area contributed by atoms with Gasteiger partial charge in [-0.15, -0.1) is 0 Å². The molecule has 1 heterocycles. The van der Waals surface area contributed by atoms with Gasteiger partial charge in [0.25, 0.3) is 0 Å². The zero-order valence-electron chi connectivity index (χ0n) is 16.5. The first-order chi connectivity index (χ1) is 12.9.